The Kier molecular flexibility index (Phi) is 4.79. The number of carbonyl (C=O) groups is 1. The summed E-state index contributed by atoms with van der Waals surface area (Å²) in [6.07, 6.45) is 1.83. The van der Waals surface area contributed by atoms with E-state index in [1.54, 1.807) is 28.7 Å². The second kappa shape index (κ2) is 7.26. The minimum atomic E-state index is -0.427. The Hall–Kier alpha value is -2.89. The number of anilines is 1. The van der Waals surface area contributed by atoms with Crippen LogP contribution in [0.1, 0.15) is 15.9 Å². The number of amides is 1. The fourth-order valence-corrected chi connectivity index (χ4v) is 3.50. The zero-order valence-electron chi connectivity index (χ0n) is 14.7. The molecular formula is C21H14Cl2FN3O. The molecule has 0 atom stereocenters. The van der Waals surface area contributed by atoms with Crippen molar-refractivity contribution in [2.24, 2.45) is 0 Å². The van der Waals surface area contributed by atoms with Crippen molar-refractivity contribution in [1.29, 1.82) is 0 Å². The Labute approximate surface area is 170 Å². The first kappa shape index (κ1) is 18.5. The van der Waals surface area contributed by atoms with E-state index in [1.165, 1.54) is 18.2 Å². The molecule has 0 unspecified atom stereocenters. The normalized spacial score (nSPS) is 11.0. The van der Waals surface area contributed by atoms with Gasteiger partial charge in [0, 0.05) is 27.4 Å². The Balaban J connectivity index is 1.87. The standard InChI is InChI=1S/C21H14Cl2FN3O/c1-12-6-7-18-25-19(16-4-2-3-5-17(16)24)20(27(18)11-12)26-21(28)13-8-14(22)10-15(23)9-13/h2-11H,1H3,(H,26,28). The third kappa shape index (κ3) is 3.46. The predicted molar refractivity (Wildman–Crippen MR) is 110 cm³/mol. The van der Waals surface area contributed by atoms with Crippen LogP contribution in [0.25, 0.3) is 16.9 Å². The molecule has 0 saturated carbocycles. The summed E-state index contributed by atoms with van der Waals surface area (Å²) in [6.45, 7) is 1.92. The van der Waals surface area contributed by atoms with Crippen molar-refractivity contribution in [2.75, 3.05) is 5.32 Å². The summed E-state index contributed by atoms with van der Waals surface area (Å²) in [5.41, 5.74) is 2.47. The first-order chi connectivity index (χ1) is 13.4. The van der Waals surface area contributed by atoms with E-state index < -0.39 is 11.7 Å². The van der Waals surface area contributed by atoms with Crippen molar-refractivity contribution in [2.45, 2.75) is 6.92 Å². The number of benzene rings is 2. The monoisotopic (exact) mass is 413 g/mol. The molecular weight excluding hydrogens is 400 g/mol. The summed E-state index contributed by atoms with van der Waals surface area (Å²) in [4.78, 5) is 17.4. The van der Waals surface area contributed by atoms with Crippen LogP contribution < -0.4 is 5.32 Å². The van der Waals surface area contributed by atoms with E-state index in [1.807, 2.05) is 25.3 Å². The van der Waals surface area contributed by atoms with Crippen molar-refractivity contribution >= 4 is 40.6 Å². The number of halogens is 3. The van der Waals surface area contributed by atoms with Gasteiger partial charge < -0.3 is 5.32 Å². The molecule has 0 aliphatic carbocycles. The van der Waals surface area contributed by atoms with Crippen LogP contribution >= 0.6 is 23.2 Å². The van der Waals surface area contributed by atoms with Crippen molar-refractivity contribution in [3.63, 3.8) is 0 Å². The molecule has 0 saturated heterocycles. The van der Waals surface area contributed by atoms with Crippen LogP contribution in [-0.2, 0) is 0 Å². The Morgan fingerprint density at radius 2 is 1.79 bits per heavy atom. The third-order valence-electron chi connectivity index (χ3n) is 4.25. The fraction of sp³-hybridized carbons (Fsp3) is 0.0476. The molecule has 1 amide bonds. The van der Waals surface area contributed by atoms with Gasteiger partial charge in [-0.3, -0.25) is 9.20 Å². The molecule has 0 aliphatic heterocycles. The van der Waals surface area contributed by atoms with Crippen molar-refractivity contribution in [1.82, 2.24) is 9.38 Å². The van der Waals surface area contributed by atoms with Crippen LogP contribution in [0, 0.1) is 12.7 Å². The van der Waals surface area contributed by atoms with Crippen molar-refractivity contribution in [3.8, 4) is 11.3 Å². The van der Waals surface area contributed by atoms with Gasteiger partial charge in [-0.05, 0) is 48.9 Å². The quantitative estimate of drug-likeness (QED) is 0.447. The van der Waals surface area contributed by atoms with Crippen LogP contribution in [0.2, 0.25) is 10.0 Å². The van der Waals surface area contributed by atoms with Gasteiger partial charge >= 0.3 is 0 Å². The maximum absolute atomic E-state index is 14.4. The van der Waals surface area contributed by atoms with E-state index in [0.29, 0.717) is 38.3 Å². The molecule has 0 bridgehead atoms. The number of nitrogens with zero attached hydrogens (tertiary/aromatic N) is 2. The average Bonchev–Trinajstić information content (AvgIpc) is 2.99. The summed E-state index contributed by atoms with van der Waals surface area (Å²) in [6, 6.07) is 14.6. The number of aromatic nitrogens is 2. The van der Waals surface area contributed by atoms with Crippen LogP contribution in [0.3, 0.4) is 0 Å². The number of hydrogen-bond acceptors (Lipinski definition) is 2. The van der Waals surface area contributed by atoms with Crippen LogP contribution in [0.4, 0.5) is 10.2 Å². The van der Waals surface area contributed by atoms with Crippen LogP contribution in [-0.4, -0.2) is 15.3 Å². The van der Waals surface area contributed by atoms with Gasteiger partial charge in [0.25, 0.3) is 5.91 Å². The maximum Gasteiger partial charge on any atom is 0.256 e. The van der Waals surface area contributed by atoms with E-state index >= 15 is 0 Å². The highest BCUT2D eigenvalue weighted by Crippen LogP contribution is 2.31. The van der Waals surface area contributed by atoms with Crippen LogP contribution in [0.5, 0.6) is 0 Å². The van der Waals surface area contributed by atoms with Crippen molar-refractivity contribution < 1.29 is 9.18 Å². The summed E-state index contributed by atoms with van der Waals surface area (Å²) < 4.78 is 16.2. The lowest BCUT2D eigenvalue weighted by atomic mass is 10.1. The minimum Gasteiger partial charge on any atom is -0.306 e. The lowest BCUT2D eigenvalue weighted by molar-refractivity contribution is 0.102. The number of hydrogen-bond donors (Lipinski definition) is 1. The highest BCUT2D eigenvalue weighted by Gasteiger charge is 2.20. The number of nitrogens with one attached hydrogen (secondary N) is 1. The summed E-state index contributed by atoms with van der Waals surface area (Å²) in [7, 11) is 0. The largest absolute Gasteiger partial charge is 0.306 e. The van der Waals surface area contributed by atoms with E-state index in [-0.39, 0.29) is 0 Å². The topological polar surface area (TPSA) is 46.4 Å². The van der Waals surface area contributed by atoms with Gasteiger partial charge in [0.1, 0.15) is 23.0 Å². The lowest BCUT2D eigenvalue weighted by Crippen LogP contribution is -2.14. The van der Waals surface area contributed by atoms with E-state index in [2.05, 4.69) is 10.3 Å². The van der Waals surface area contributed by atoms with E-state index in [4.69, 9.17) is 23.2 Å². The molecule has 4 nitrogen and oxygen atoms in total. The molecule has 4 rings (SSSR count). The highest BCUT2D eigenvalue weighted by atomic mass is 35.5. The number of aryl methyl sites for hydroxylation is 1. The molecule has 28 heavy (non-hydrogen) atoms. The Morgan fingerprint density at radius 1 is 1.07 bits per heavy atom. The molecule has 2 aromatic carbocycles. The lowest BCUT2D eigenvalue weighted by Gasteiger charge is -2.09. The number of carbonyl (C=O) groups excluding carboxylic acids is 1. The van der Waals surface area contributed by atoms with Crippen molar-refractivity contribution in [3.05, 3.63) is 87.8 Å². The molecule has 0 radical (unpaired) electrons. The molecule has 2 aromatic heterocycles. The number of rotatable bonds is 3. The van der Waals surface area contributed by atoms with Crippen LogP contribution in [0.15, 0.2) is 60.8 Å². The molecule has 2 heterocycles. The Bertz CT molecular complexity index is 1200. The summed E-state index contributed by atoms with van der Waals surface area (Å²) in [5.74, 6) is -0.487. The second-order valence-electron chi connectivity index (χ2n) is 6.34. The van der Waals surface area contributed by atoms with Gasteiger partial charge in [0.2, 0.25) is 0 Å². The number of pyridine rings is 1. The number of fused-ring (bicyclic) bond motifs is 1. The van der Waals surface area contributed by atoms with Gasteiger partial charge in [-0.2, -0.15) is 0 Å². The number of imidazole rings is 1. The Morgan fingerprint density at radius 3 is 2.50 bits per heavy atom. The zero-order chi connectivity index (χ0) is 19.8. The van der Waals surface area contributed by atoms with Gasteiger partial charge in [-0.25, -0.2) is 9.37 Å². The molecule has 1 N–H and O–H groups in total. The molecule has 7 heteroatoms. The SMILES string of the molecule is Cc1ccc2nc(-c3ccccc3F)c(NC(=O)c3cc(Cl)cc(Cl)c3)n2c1. The van der Waals surface area contributed by atoms with Gasteiger partial charge in [0.15, 0.2) is 0 Å². The minimum absolute atomic E-state index is 0.291. The predicted octanol–water partition coefficient (Wildman–Crippen LogP) is 6.01. The zero-order valence-corrected chi connectivity index (χ0v) is 16.2. The molecule has 0 fully saturated rings. The molecule has 140 valence electrons. The first-order valence-electron chi connectivity index (χ1n) is 8.43. The smallest absolute Gasteiger partial charge is 0.256 e. The van der Waals surface area contributed by atoms with Gasteiger partial charge in [0.05, 0.1) is 0 Å². The fourth-order valence-electron chi connectivity index (χ4n) is 2.98. The summed E-state index contributed by atoms with van der Waals surface area (Å²) >= 11 is 12.0. The second-order valence-corrected chi connectivity index (χ2v) is 7.21. The first-order valence-corrected chi connectivity index (χ1v) is 9.19. The maximum atomic E-state index is 14.4. The molecule has 4 aromatic rings. The average molecular weight is 414 g/mol. The third-order valence-corrected chi connectivity index (χ3v) is 4.69. The van der Waals surface area contributed by atoms with Gasteiger partial charge in [-0.1, -0.05) is 41.4 Å². The highest BCUT2D eigenvalue weighted by molar-refractivity contribution is 6.35. The van der Waals surface area contributed by atoms with E-state index in [0.717, 1.165) is 5.56 Å². The van der Waals surface area contributed by atoms with E-state index in [9.17, 15) is 9.18 Å². The summed E-state index contributed by atoms with van der Waals surface area (Å²) in [5, 5.41) is 3.53. The van der Waals surface area contributed by atoms with Gasteiger partial charge in [-0.15, -0.1) is 0 Å². The molecule has 0 spiro atoms. The molecule has 0 aliphatic rings.